The van der Waals surface area contributed by atoms with Crippen molar-refractivity contribution in [3.05, 3.63) is 28.3 Å². The van der Waals surface area contributed by atoms with Gasteiger partial charge >= 0.3 is 0 Å². The van der Waals surface area contributed by atoms with Gasteiger partial charge in [-0.1, -0.05) is 44.2 Å². The van der Waals surface area contributed by atoms with Gasteiger partial charge in [0.25, 0.3) is 0 Å². The number of nitrogen functional groups attached to an aromatic ring is 1. The van der Waals surface area contributed by atoms with Gasteiger partial charge in [0.15, 0.2) is 0 Å². The van der Waals surface area contributed by atoms with E-state index in [9.17, 15) is 0 Å². The van der Waals surface area contributed by atoms with Gasteiger partial charge in [-0.2, -0.15) is 0 Å². The van der Waals surface area contributed by atoms with E-state index in [1.807, 2.05) is 13.8 Å². The number of benzene rings is 1. The first-order chi connectivity index (χ1) is 12.5. The van der Waals surface area contributed by atoms with E-state index in [-0.39, 0.29) is 0 Å². The molecule has 2 rings (SSSR count). The molecule has 1 aromatic carbocycles. The number of nitrogens with two attached hydrogens (primary N) is 1. The maximum absolute atomic E-state index is 7.62. The van der Waals surface area contributed by atoms with Crippen LogP contribution >= 0.6 is 11.6 Å². The summed E-state index contributed by atoms with van der Waals surface area (Å²) in [5.74, 6) is 6.70. The number of hydrogen-bond acceptors (Lipinski definition) is 4. The fourth-order valence-electron chi connectivity index (χ4n) is 2.24. The number of ether oxygens (including phenoxy) is 2. The highest BCUT2D eigenvalue weighted by Crippen LogP contribution is 2.23. The molecule has 3 N–H and O–H groups in total. The Morgan fingerprint density at radius 2 is 1.96 bits per heavy atom. The number of anilines is 1. The second-order valence-corrected chi connectivity index (χ2v) is 6.10. The van der Waals surface area contributed by atoms with Gasteiger partial charge in [0.1, 0.15) is 0 Å². The third kappa shape index (κ3) is 9.24. The Morgan fingerprint density at radius 3 is 2.42 bits per heavy atom. The molecule has 1 saturated heterocycles. The van der Waals surface area contributed by atoms with Crippen LogP contribution in [0.25, 0.3) is 0 Å². The minimum Gasteiger partial charge on any atom is -0.398 e. The maximum Gasteiger partial charge on any atom is 0.0570 e. The molecule has 0 aromatic heterocycles. The number of nitrogens with one attached hydrogen (secondary N) is 1. The van der Waals surface area contributed by atoms with Crippen molar-refractivity contribution in [1.29, 1.82) is 5.41 Å². The lowest BCUT2D eigenvalue weighted by Gasteiger charge is -2.16. The Hall–Kier alpha value is -1.54. The third-order valence-electron chi connectivity index (χ3n) is 3.58. The zero-order valence-electron chi connectivity index (χ0n) is 16.7. The molecule has 0 aliphatic carbocycles. The van der Waals surface area contributed by atoms with Gasteiger partial charge in [-0.05, 0) is 38.3 Å². The van der Waals surface area contributed by atoms with E-state index in [0.29, 0.717) is 27.9 Å². The summed E-state index contributed by atoms with van der Waals surface area (Å²) in [6, 6.07) is 3.47. The molecule has 146 valence electrons. The molecule has 26 heavy (non-hydrogen) atoms. The van der Waals surface area contributed by atoms with Crippen molar-refractivity contribution in [2.24, 2.45) is 5.92 Å². The van der Waals surface area contributed by atoms with E-state index in [1.165, 1.54) is 0 Å². The predicted molar refractivity (Wildman–Crippen MR) is 112 cm³/mol. The molecular formula is C21H33ClN2O2. The minimum absolute atomic E-state index is 0.371. The molecule has 0 amide bonds. The predicted octanol–water partition coefficient (Wildman–Crippen LogP) is 5.16. The van der Waals surface area contributed by atoms with Gasteiger partial charge in [-0.15, -0.1) is 0 Å². The molecule has 0 bridgehead atoms. The summed E-state index contributed by atoms with van der Waals surface area (Å²) in [7, 11) is 1.71. The highest BCUT2D eigenvalue weighted by Gasteiger charge is 2.11. The van der Waals surface area contributed by atoms with E-state index in [0.717, 1.165) is 44.6 Å². The van der Waals surface area contributed by atoms with Gasteiger partial charge in [-0.25, -0.2) is 0 Å². The smallest absolute Gasteiger partial charge is 0.0570 e. The van der Waals surface area contributed by atoms with Crippen LogP contribution in [0.2, 0.25) is 5.02 Å². The van der Waals surface area contributed by atoms with Crippen LogP contribution in [-0.4, -0.2) is 32.6 Å². The Labute approximate surface area is 163 Å². The average molecular weight is 381 g/mol. The van der Waals surface area contributed by atoms with Crippen molar-refractivity contribution < 1.29 is 9.47 Å². The van der Waals surface area contributed by atoms with Crippen LogP contribution in [0.5, 0.6) is 0 Å². The van der Waals surface area contributed by atoms with Crippen LogP contribution in [-0.2, 0) is 9.47 Å². The molecule has 0 saturated carbocycles. The van der Waals surface area contributed by atoms with Crippen LogP contribution in [0.4, 0.5) is 5.69 Å². The van der Waals surface area contributed by atoms with Gasteiger partial charge in [0.05, 0.1) is 5.02 Å². The topological polar surface area (TPSA) is 68.3 Å². The Kier molecular flexibility index (Phi) is 13.7. The first kappa shape index (κ1) is 24.5. The standard InChI is InChI=1S/C15H17ClN2O.C4H10O.C2H6/c1-10(17)13-9-14(16)12(8-15(13)18)3-2-11-4-6-19-7-5-11;1-3-4-5-2;1-2/h8-9,11,17H,4-7,18H2,1H3;3-4H2,1-2H3;1-2H3. The van der Waals surface area contributed by atoms with Crippen molar-refractivity contribution in [2.45, 2.75) is 47.0 Å². The summed E-state index contributed by atoms with van der Waals surface area (Å²) in [6.07, 6.45) is 3.06. The van der Waals surface area contributed by atoms with Crippen LogP contribution in [0.1, 0.15) is 58.1 Å². The van der Waals surface area contributed by atoms with E-state index in [1.54, 1.807) is 26.2 Å². The van der Waals surface area contributed by atoms with Crippen LogP contribution in [0.15, 0.2) is 12.1 Å². The highest BCUT2D eigenvalue weighted by molar-refractivity contribution is 6.32. The molecule has 4 nitrogen and oxygen atoms in total. The molecular weight excluding hydrogens is 348 g/mol. The van der Waals surface area contributed by atoms with Gasteiger partial charge in [0, 0.05) is 55.4 Å². The summed E-state index contributed by atoms with van der Waals surface area (Å²) < 4.78 is 9.99. The highest BCUT2D eigenvalue weighted by atomic mass is 35.5. The normalized spacial score (nSPS) is 13.3. The fraction of sp³-hybridized carbons (Fsp3) is 0.571. The molecule has 0 atom stereocenters. The Bertz CT molecular complexity index is 598. The largest absolute Gasteiger partial charge is 0.398 e. The molecule has 5 heteroatoms. The molecule has 1 fully saturated rings. The van der Waals surface area contributed by atoms with Crippen LogP contribution in [0, 0.1) is 23.2 Å². The van der Waals surface area contributed by atoms with E-state index >= 15 is 0 Å². The fourth-order valence-corrected chi connectivity index (χ4v) is 2.45. The molecule has 0 radical (unpaired) electrons. The number of rotatable bonds is 3. The molecule has 0 spiro atoms. The van der Waals surface area contributed by atoms with Crippen molar-refractivity contribution in [1.82, 2.24) is 0 Å². The van der Waals surface area contributed by atoms with Crippen molar-refractivity contribution in [3.8, 4) is 11.8 Å². The van der Waals surface area contributed by atoms with E-state index < -0.39 is 0 Å². The second-order valence-electron chi connectivity index (χ2n) is 5.69. The maximum atomic E-state index is 7.62. The number of hydrogen-bond donors (Lipinski definition) is 2. The molecule has 0 unspecified atom stereocenters. The number of halogens is 1. The van der Waals surface area contributed by atoms with Crippen molar-refractivity contribution in [2.75, 3.05) is 32.7 Å². The first-order valence-electron chi connectivity index (χ1n) is 9.22. The summed E-state index contributed by atoms with van der Waals surface area (Å²) in [5, 5.41) is 8.17. The summed E-state index contributed by atoms with van der Waals surface area (Å²) in [5.41, 5.74) is 8.27. The number of methoxy groups -OCH3 is 1. The minimum atomic E-state index is 0.371. The van der Waals surface area contributed by atoms with E-state index in [2.05, 4.69) is 18.8 Å². The second kappa shape index (κ2) is 14.6. The third-order valence-corrected chi connectivity index (χ3v) is 3.90. The monoisotopic (exact) mass is 380 g/mol. The quantitative estimate of drug-likeness (QED) is 0.432. The van der Waals surface area contributed by atoms with Gasteiger partial charge in [0.2, 0.25) is 0 Å². The average Bonchev–Trinajstić information content (AvgIpc) is 2.65. The van der Waals surface area contributed by atoms with Crippen molar-refractivity contribution >= 4 is 23.0 Å². The van der Waals surface area contributed by atoms with Crippen molar-refractivity contribution in [3.63, 3.8) is 0 Å². The lowest BCUT2D eigenvalue weighted by Crippen LogP contribution is -2.13. The van der Waals surface area contributed by atoms with Crippen LogP contribution in [0.3, 0.4) is 0 Å². The lowest BCUT2D eigenvalue weighted by atomic mass is 10.00. The lowest BCUT2D eigenvalue weighted by molar-refractivity contribution is 0.0807. The molecule has 1 heterocycles. The molecule has 1 aromatic rings. The van der Waals surface area contributed by atoms with Gasteiger partial charge < -0.3 is 20.6 Å². The van der Waals surface area contributed by atoms with Crippen LogP contribution < -0.4 is 5.73 Å². The SMILES string of the molecule is CC.CC(=N)c1cc(Cl)c(C#CC2CCOCC2)cc1N.CCCOC. The zero-order valence-corrected chi connectivity index (χ0v) is 17.5. The summed E-state index contributed by atoms with van der Waals surface area (Å²) in [6.45, 7) is 10.2. The van der Waals surface area contributed by atoms with E-state index in [4.69, 9.17) is 32.2 Å². The zero-order chi connectivity index (χ0) is 19.9. The first-order valence-corrected chi connectivity index (χ1v) is 9.60. The Morgan fingerprint density at radius 1 is 1.35 bits per heavy atom. The Balaban J connectivity index is 0.000000772. The van der Waals surface area contributed by atoms with Gasteiger partial charge in [-0.3, -0.25) is 0 Å². The molecule has 1 aliphatic rings. The molecule has 1 aliphatic heterocycles. The summed E-state index contributed by atoms with van der Waals surface area (Å²) in [4.78, 5) is 0. The summed E-state index contributed by atoms with van der Waals surface area (Å²) >= 11 is 6.18.